The molecular weight excluding hydrogens is 312 g/mol. The number of aliphatic hydroxyl groups is 1. The third-order valence-corrected chi connectivity index (χ3v) is 8.85. The average molecular weight is 349 g/mol. The summed E-state index contributed by atoms with van der Waals surface area (Å²) in [7, 11) is 0. The zero-order valence-electron chi connectivity index (χ0n) is 16.0. The van der Waals surface area contributed by atoms with E-state index in [0.29, 0.717) is 18.6 Å². The van der Waals surface area contributed by atoms with Crippen molar-refractivity contribution in [3.8, 4) is 0 Å². The Morgan fingerprint density at radius 2 is 1.88 bits per heavy atom. The highest BCUT2D eigenvalue weighted by molar-refractivity contribution is 5.85. The first-order valence-electron chi connectivity index (χ1n) is 10.5. The smallest absolute Gasteiger partial charge is 0.129 e. The van der Waals surface area contributed by atoms with Crippen LogP contribution in [-0.2, 0) is 4.84 Å². The maximum absolute atomic E-state index is 10.6. The molecule has 142 valence electrons. The van der Waals surface area contributed by atoms with Gasteiger partial charge in [0.05, 0.1) is 11.8 Å². The lowest BCUT2D eigenvalue weighted by Gasteiger charge is -2.60. The van der Waals surface area contributed by atoms with Crippen LogP contribution in [0.3, 0.4) is 0 Å². The van der Waals surface area contributed by atoms with E-state index in [2.05, 4.69) is 19.0 Å². The summed E-state index contributed by atoms with van der Waals surface area (Å²) in [6.45, 7) is 6.01. The van der Waals surface area contributed by atoms with E-state index < -0.39 is 0 Å². The lowest BCUT2D eigenvalue weighted by atomic mass is 9.45. The van der Waals surface area contributed by atoms with Crippen molar-refractivity contribution in [1.82, 2.24) is 0 Å². The molecule has 4 nitrogen and oxygen atoms in total. The van der Waals surface area contributed by atoms with Crippen LogP contribution in [0.15, 0.2) is 5.16 Å². The molecule has 4 aliphatic rings. The number of rotatable bonds is 3. The van der Waals surface area contributed by atoms with Crippen molar-refractivity contribution in [3.63, 3.8) is 0 Å². The fourth-order valence-electron chi connectivity index (χ4n) is 7.30. The van der Waals surface area contributed by atoms with Gasteiger partial charge in [-0.3, -0.25) is 0 Å². The quantitative estimate of drug-likeness (QED) is 0.603. The van der Waals surface area contributed by atoms with Crippen LogP contribution in [0.2, 0.25) is 0 Å². The van der Waals surface area contributed by atoms with Gasteiger partial charge in [-0.05, 0) is 92.3 Å². The Labute approximate surface area is 152 Å². The molecule has 0 radical (unpaired) electrons. The molecule has 0 spiro atoms. The molecule has 4 fully saturated rings. The molecule has 0 aliphatic heterocycles. The number of nitrogens with zero attached hydrogens (tertiary/aromatic N) is 1. The van der Waals surface area contributed by atoms with Crippen molar-refractivity contribution in [2.45, 2.75) is 77.7 Å². The SMILES string of the molecule is C[C@]12CCC(=NOCCN)CC1CCC1C2CC[C@@]2(C)C1CC[C@H]2O. The van der Waals surface area contributed by atoms with Crippen LogP contribution in [-0.4, -0.2) is 30.1 Å². The van der Waals surface area contributed by atoms with Gasteiger partial charge in [0, 0.05) is 6.54 Å². The van der Waals surface area contributed by atoms with Gasteiger partial charge in [0.15, 0.2) is 0 Å². The highest BCUT2D eigenvalue weighted by Gasteiger charge is 2.59. The molecule has 4 unspecified atom stereocenters. The molecule has 0 amide bonds. The first kappa shape index (κ1) is 17.8. The molecule has 25 heavy (non-hydrogen) atoms. The second-order valence-corrected chi connectivity index (χ2v) is 9.78. The average Bonchev–Trinajstić information content (AvgIpc) is 2.90. The van der Waals surface area contributed by atoms with Crippen LogP contribution < -0.4 is 5.73 Å². The number of oxime groups is 1. The minimum Gasteiger partial charge on any atom is -0.395 e. The van der Waals surface area contributed by atoms with Gasteiger partial charge in [-0.15, -0.1) is 0 Å². The Morgan fingerprint density at radius 1 is 1.08 bits per heavy atom. The molecule has 0 saturated heterocycles. The maximum atomic E-state index is 10.6. The standard InChI is InChI=1S/C21H36N2O2/c1-20-9-7-15(23-25-12-11-22)13-14(20)3-4-16-17-5-6-19(24)21(17,2)10-8-18(16)20/h14,16-19,24H,3-13,22H2,1-2H3/t14?,16?,17?,18?,19-,20+,21+/m1/s1. The Balaban J connectivity index is 1.50. The Hall–Kier alpha value is -0.610. The summed E-state index contributed by atoms with van der Waals surface area (Å²) >= 11 is 0. The number of hydrogen-bond acceptors (Lipinski definition) is 4. The Kier molecular flexibility index (Phi) is 4.64. The summed E-state index contributed by atoms with van der Waals surface area (Å²) in [5, 5.41) is 14.9. The normalized spacial score (nSPS) is 50.9. The van der Waals surface area contributed by atoms with Gasteiger partial charge in [0.2, 0.25) is 0 Å². The first-order chi connectivity index (χ1) is 12.0. The number of fused-ring (bicyclic) bond motifs is 5. The summed E-state index contributed by atoms with van der Waals surface area (Å²) in [4.78, 5) is 5.36. The van der Waals surface area contributed by atoms with Crippen LogP contribution in [0.5, 0.6) is 0 Å². The van der Waals surface area contributed by atoms with E-state index >= 15 is 0 Å². The van der Waals surface area contributed by atoms with Crippen molar-refractivity contribution in [3.05, 3.63) is 0 Å². The van der Waals surface area contributed by atoms with Crippen LogP contribution in [0.25, 0.3) is 0 Å². The number of hydrogen-bond donors (Lipinski definition) is 2. The highest BCUT2D eigenvalue weighted by Crippen LogP contribution is 2.65. The van der Waals surface area contributed by atoms with Gasteiger partial charge in [0.25, 0.3) is 0 Å². The summed E-state index contributed by atoms with van der Waals surface area (Å²) in [5.41, 5.74) is 7.41. The molecule has 4 rings (SSSR count). The fourth-order valence-corrected chi connectivity index (χ4v) is 7.30. The Morgan fingerprint density at radius 3 is 2.68 bits per heavy atom. The molecule has 4 heteroatoms. The zero-order valence-corrected chi connectivity index (χ0v) is 16.0. The summed E-state index contributed by atoms with van der Waals surface area (Å²) < 4.78 is 0. The van der Waals surface area contributed by atoms with Gasteiger partial charge in [0.1, 0.15) is 6.61 Å². The van der Waals surface area contributed by atoms with Crippen molar-refractivity contribution < 1.29 is 9.94 Å². The van der Waals surface area contributed by atoms with E-state index in [1.165, 1.54) is 44.2 Å². The minimum absolute atomic E-state index is 0.0613. The number of nitrogens with two attached hydrogens (primary N) is 1. The van der Waals surface area contributed by atoms with Gasteiger partial charge in [-0.2, -0.15) is 0 Å². The van der Waals surface area contributed by atoms with Crippen LogP contribution in [0, 0.1) is 34.5 Å². The van der Waals surface area contributed by atoms with Crippen molar-refractivity contribution in [2.24, 2.45) is 45.4 Å². The summed E-state index contributed by atoms with van der Waals surface area (Å²) in [6, 6.07) is 0. The molecule has 0 heterocycles. The predicted molar refractivity (Wildman–Crippen MR) is 100 cm³/mol. The third kappa shape index (κ3) is 2.75. The molecule has 4 saturated carbocycles. The molecule has 0 aromatic rings. The van der Waals surface area contributed by atoms with E-state index in [0.717, 1.165) is 42.9 Å². The van der Waals surface area contributed by atoms with Gasteiger partial charge in [-0.25, -0.2) is 0 Å². The van der Waals surface area contributed by atoms with Crippen molar-refractivity contribution >= 4 is 5.71 Å². The minimum atomic E-state index is -0.0613. The lowest BCUT2D eigenvalue weighted by Crippen LogP contribution is -2.54. The van der Waals surface area contributed by atoms with E-state index in [1.807, 2.05) is 0 Å². The molecule has 4 aliphatic carbocycles. The van der Waals surface area contributed by atoms with Gasteiger partial charge < -0.3 is 15.7 Å². The summed E-state index contributed by atoms with van der Waals surface area (Å²) in [5.74, 6) is 3.20. The lowest BCUT2D eigenvalue weighted by molar-refractivity contribution is -0.112. The Bertz CT molecular complexity index is 536. The second kappa shape index (κ2) is 6.53. The van der Waals surface area contributed by atoms with Gasteiger partial charge in [-0.1, -0.05) is 19.0 Å². The monoisotopic (exact) mass is 348 g/mol. The van der Waals surface area contributed by atoms with Crippen molar-refractivity contribution in [2.75, 3.05) is 13.2 Å². The molecular formula is C21H36N2O2. The largest absolute Gasteiger partial charge is 0.395 e. The molecule has 0 aromatic heterocycles. The molecule has 0 bridgehead atoms. The van der Waals surface area contributed by atoms with E-state index in [4.69, 9.17) is 10.6 Å². The molecule has 0 aromatic carbocycles. The van der Waals surface area contributed by atoms with Crippen LogP contribution in [0.1, 0.15) is 71.6 Å². The first-order valence-corrected chi connectivity index (χ1v) is 10.5. The zero-order chi connectivity index (χ0) is 17.7. The van der Waals surface area contributed by atoms with Crippen LogP contribution in [0.4, 0.5) is 0 Å². The third-order valence-electron chi connectivity index (χ3n) is 8.85. The van der Waals surface area contributed by atoms with E-state index in [1.54, 1.807) is 0 Å². The van der Waals surface area contributed by atoms with Crippen molar-refractivity contribution in [1.29, 1.82) is 0 Å². The second-order valence-electron chi connectivity index (χ2n) is 9.78. The fraction of sp³-hybridized carbons (Fsp3) is 0.952. The summed E-state index contributed by atoms with van der Waals surface area (Å²) in [6.07, 6.45) is 10.9. The van der Waals surface area contributed by atoms with Gasteiger partial charge >= 0.3 is 0 Å². The van der Waals surface area contributed by atoms with E-state index in [-0.39, 0.29) is 11.5 Å². The highest BCUT2D eigenvalue weighted by atomic mass is 16.6. The van der Waals surface area contributed by atoms with E-state index in [9.17, 15) is 5.11 Å². The molecule has 7 atom stereocenters. The van der Waals surface area contributed by atoms with Crippen LogP contribution >= 0.6 is 0 Å². The predicted octanol–water partition coefficient (Wildman–Crippen LogP) is 3.72. The maximum Gasteiger partial charge on any atom is 0.129 e. The number of aliphatic hydroxyl groups excluding tert-OH is 1. The molecule has 3 N–H and O–H groups in total. The topological polar surface area (TPSA) is 67.8 Å².